The molecule has 1 aromatic heterocycles. The first kappa shape index (κ1) is 19.2. The van der Waals surface area contributed by atoms with Gasteiger partial charge < -0.3 is 19.5 Å². The van der Waals surface area contributed by atoms with Crippen LogP contribution in [0.1, 0.15) is 25.3 Å². The largest absolute Gasteiger partial charge is 0.497 e. The summed E-state index contributed by atoms with van der Waals surface area (Å²) in [6.07, 6.45) is 3.18. The van der Waals surface area contributed by atoms with Gasteiger partial charge in [-0.2, -0.15) is 5.10 Å². The van der Waals surface area contributed by atoms with E-state index in [1.54, 1.807) is 14.2 Å². The zero-order valence-electron chi connectivity index (χ0n) is 17.2. The number of para-hydroxylation sites is 2. The van der Waals surface area contributed by atoms with Crippen molar-refractivity contribution in [2.75, 3.05) is 32.7 Å². The fraction of sp³-hybridized carbons (Fsp3) is 0.348. The summed E-state index contributed by atoms with van der Waals surface area (Å²) in [6.45, 7) is 3.51. The highest BCUT2D eigenvalue weighted by atomic mass is 16.5. The Morgan fingerprint density at radius 1 is 1.03 bits per heavy atom. The quantitative estimate of drug-likeness (QED) is 0.658. The van der Waals surface area contributed by atoms with Gasteiger partial charge in [-0.15, -0.1) is 0 Å². The molecule has 0 bridgehead atoms. The van der Waals surface area contributed by atoms with Crippen LogP contribution in [-0.2, 0) is 6.42 Å². The summed E-state index contributed by atoms with van der Waals surface area (Å²) in [5, 5.41) is 8.63. The van der Waals surface area contributed by atoms with Gasteiger partial charge in [0.25, 0.3) is 0 Å². The first-order valence-electron chi connectivity index (χ1n) is 10.1. The molecule has 1 aliphatic heterocycles. The first-order chi connectivity index (χ1) is 14.3. The average Bonchev–Trinajstić information content (AvgIpc) is 2.94. The molecule has 0 saturated carbocycles. The van der Waals surface area contributed by atoms with E-state index < -0.39 is 0 Å². The van der Waals surface area contributed by atoms with Crippen molar-refractivity contribution in [1.29, 1.82) is 0 Å². The normalized spacial score (nSPS) is 13.2. The number of rotatable bonds is 6. The Morgan fingerprint density at radius 2 is 1.90 bits per heavy atom. The Bertz CT molecular complexity index is 997. The summed E-state index contributed by atoms with van der Waals surface area (Å²) in [6, 6.07) is 13.8. The van der Waals surface area contributed by atoms with Crippen LogP contribution in [0.2, 0.25) is 0 Å². The van der Waals surface area contributed by atoms with Gasteiger partial charge in [0.1, 0.15) is 34.4 Å². The monoisotopic (exact) mass is 393 g/mol. The molecular formula is C23H27N3O3. The summed E-state index contributed by atoms with van der Waals surface area (Å²) in [7, 11) is 3.36. The lowest BCUT2D eigenvalue weighted by Crippen LogP contribution is -2.08. The Morgan fingerprint density at radius 3 is 2.69 bits per heavy atom. The van der Waals surface area contributed by atoms with Gasteiger partial charge in [-0.25, -0.2) is 4.68 Å². The van der Waals surface area contributed by atoms with Gasteiger partial charge in [0, 0.05) is 17.7 Å². The lowest BCUT2D eigenvalue weighted by molar-refractivity contribution is 0.338. The zero-order chi connectivity index (χ0) is 20.2. The van der Waals surface area contributed by atoms with Gasteiger partial charge in [0.05, 0.1) is 20.8 Å². The summed E-state index contributed by atoms with van der Waals surface area (Å²) in [5.74, 6) is 3.39. The third kappa shape index (κ3) is 3.62. The maximum atomic E-state index is 5.88. The van der Waals surface area contributed by atoms with Crippen LogP contribution in [0.3, 0.4) is 0 Å². The van der Waals surface area contributed by atoms with Gasteiger partial charge >= 0.3 is 0 Å². The lowest BCUT2D eigenvalue weighted by Gasteiger charge is -2.13. The van der Waals surface area contributed by atoms with E-state index >= 15 is 0 Å². The van der Waals surface area contributed by atoms with Crippen molar-refractivity contribution in [3.05, 3.63) is 48.0 Å². The molecule has 6 heteroatoms. The second kappa shape index (κ2) is 8.47. The molecule has 2 heterocycles. The van der Waals surface area contributed by atoms with Crippen molar-refractivity contribution in [3.63, 3.8) is 0 Å². The molecule has 6 nitrogen and oxygen atoms in total. The van der Waals surface area contributed by atoms with E-state index in [1.807, 2.05) is 54.1 Å². The summed E-state index contributed by atoms with van der Waals surface area (Å²) in [5.41, 5.74) is 3.96. The Kier molecular flexibility index (Phi) is 5.60. The first-order valence-corrected chi connectivity index (χ1v) is 10.1. The van der Waals surface area contributed by atoms with Crippen LogP contribution >= 0.6 is 0 Å². The smallest absolute Gasteiger partial charge is 0.145 e. The highest BCUT2D eigenvalue weighted by Crippen LogP contribution is 2.40. The van der Waals surface area contributed by atoms with Gasteiger partial charge in [-0.05, 0) is 56.5 Å². The van der Waals surface area contributed by atoms with Crippen LogP contribution in [-0.4, -0.2) is 37.2 Å². The standard InChI is InChI=1S/C23H27N3O3/c1-4-29-21-11-6-5-10-19(21)26-23-17(9-7-8-14-24-23)22(25-26)18-15-16(27-2)12-13-20(18)28-3/h5-6,10-13,15,24H,4,7-9,14H2,1-3H3. The predicted molar refractivity (Wildman–Crippen MR) is 115 cm³/mol. The molecule has 0 unspecified atom stereocenters. The second-order valence-electron chi connectivity index (χ2n) is 6.94. The molecule has 1 aliphatic rings. The van der Waals surface area contributed by atoms with Crippen LogP contribution in [0.5, 0.6) is 17.2 Å². The third-order valence-electron chi connectivity index (χ3n) is 5.18. The number of hydrogen-bond donors (Lipinski definition) is 1. The molecule has 1 N–H and O–H groups in total. The zero-order valence-corrected chi connectivity index (χ0v) is 17.2. The molecule has 0 saturated heterocycles. The molecular weight excluding hydrogens is 366 g/mol. The molecule has 152 valence electrons. The lowest BCUT2D eigenvalue weighted by atomic mass is 10.0. The van der Waals surface area contributed by atoms with E-state index in [0.29, 0.717) is 6.61 Å². The third-order valence-corrected chi connectivity index (χ3v) is 5.18. The Labute approximate surface area is 171 Å². The maximum Gasteiger partial charge on any atom is 0.145 e. The fourth-order valence-corrected chi connectivity index (χ4v) is 3.80. The molecule has 29 heavy (non-hydrogen) atoms. The minimum atomic E-state index is 0.602. The minimum absolute atomic E-state index is 0.602. The molecule has 0 fully saturated rings. The van der Waals surface area contributed by atoms with E-state index in [0.717, 1.165) is 65.8 Å². The van der Waals surface area contributed by atoms with E-state index in [9.17, 15) is 0 Å². The number of nitrogens with zero attached hydrogens (tertiary/aromatic N) is 2. The second-order valence-corrected chi connectivity index (χ2v) is 6.94. The number of nitrogens with one attached hydrogen (secondary N) is 1. The molecule has 0 aliphatic carbocycles. The average molecular weight is 393 g/mol. The van der Waals surface area contributed by atoms with Crippen molar-refractivity contribution in [2.45, 2.75) is 26.2 Å². The molecule has 0 amide bonds. The maximum absolute atomic E-state index is 5.88. The van der Waals surface area contributed by atoms with Gasteiger partial charge in [0.2, 0.25) is 0 Å². The van der Waals surface area contributed by atoms with E-state index in [-0.39, 0.29) is 0 Å². The molecule has 4 rings (SSSR count). The molecule has 0 spiro atoms. The number of anilines is 1. The highest BCUT2D eigenvalue weighted by Gasteiger charge is 2.25. The Balaban J connectivity index is 1.94. The van der Waals surface area contributed by atoms with Gasteiger partial charge in [0.15, 0.2) is 0 Å². The number of aromatic nitrogens is 2. The van der Waals surface area contributed by atoms with E-state index in [2.05, 4.69) is 5.32 Å². The number of fused-ring (bicyclic) bond motifs is 1. The minimum Gasteiger partial charge on any atom is -0.497 e. The van der Waals surface area contributed by atoms with Crippen molar-refractivity contribution < 1.29 is 14.2 Å². The van der Waals surface area contributed by atoms with Crippen molar-refractivity contribution in [3.8, 4) is 34.2 Å². The number of methoxy groups -OCH3 is 2. The molecule has 0 atom stereocenters. The van der Waals surface area contributed by atoms with Crippen LogP contribution < -0.4 is 19.5 Å². The number of benzene rings is 2. The molecule has 3 aromatic rings. The van der Waals surface area contributed by atoms with Crippen LogP contribution in [0.25, 0.3) is 16.9 Å². The molecule has 0 radical (unpaired) electrons. The Hall–Kier alpha value is -3.15. The predicted octanol–water partition coefficient (Wildman–Crippen LogP) is 4.70. The summed E-state index contributed by atoms with van der Waals surface area (Å²) < 4.78 is 19.0. The van der Waals surface area contributed by atoms with Crippen LogP contribution in [0.4, 0.5) is 5.82 Å². The summed E-state index contributed by atoms with van der Waals surface area (Å²) >= 11 is 0. The SMILES string of the molecule is CCOc1ccccc1-n1nc(-c2cc(OC)ccc2OC)c2c1NCCCC2. The van der Waals surface area contributed by atoms with E-state index in [4.69, 9.17) is 19.3 Å². The van der Waals surface area contributed by atoms with E-state index in [1.165, 1.54) is 5.56 Å². The van der Waals surface area contributed by atoms with Crippen molar-refractivity contribution in [1.82, 2.24) is 9.78 Å². The van der Waals surface area contributed by atoms with Gasteiger partial charge in [-0.3, -0.25) is 0 Å². The van der Waals surface area contributed by atoms with Crippen molar-refractivity contribution >= 4 is 5.82 Å². The van der Waals surface area contributed by atoms with Crippen LogP contribution in [0, 0.1) is 0 Å². The highest BCUT2D eigenvalue weighted by molar-refractivity contribution is 5.77. The topological polar surface area (TPSA) is 57.5 Å². The van der Waals surface area contributed by atoms with Crippen LogP contribution in [0.15, 0.2) is 42.5 Å². The number of ether oxygens (including phenoxy) is 3. The van der Waals surface area contributed by atoms with Crippen molar-refractivity contribution in [2.24, 2.45) is 0 Å². The summed E-state index contributed by atoms with van der Waals surface area (Å²) in [4.78, 5) is 0. The van der Waals surface area contributed by atoms with Gasteiger partial charge in [-0.1, -0.05) is 12.1 Å². The fourth-order valence-electron chi connectivity index (χ4n) is 3.80. The number of hydrogen-bond acceptors (Lipinski definition) is 5. The molecule has 2 aromatic carbocycles.